The van der Waals surface area contributed by atoms with Gasteiger partial charge in [-0.05, 0) is 51.0 Å². The van der Waals surface area contributed by atoms with Gasteiger partial charge in [0.25, 0.3) is 0 Å². The largest absolute Gasteiger partial charge is 0.494 e. The van der Waals surface area contributed by atoms with Crippen LogP contribution in [-0.2, 0) is 9.53 Å². The molecular formula is C21H32O4. The molecule has 0 saturated carbocycles. The predicted molar refractivity (Wildman–Crippen MR) is 100 cm³/mol. The molecule has 0 N–H and O–H groups in total. The quantitative estimate of drug-likeness (QED) is 0.259. The number of carbonyl (C=O) groups is 2. The Bertz CT molecular complexity index is 493. The van der Waals surface area contributed by atoms with E-state index in [0.29, 0.717) is 13.0 Å². The summed E-state index contributed by atoms with van der Waals surface area (Å²) in [5.41, 5.74) is 0.717. The number of carbonyl (C=O) groups excluding carboxylic acids is 2. The van der Waals surface area contributed by atoms with Crippen LogP contribution in [0.15, 0.2) is 24.3 Å². The molecule has 0 bridgehead atoms. The zero-order valence-electron chi connectivity index (χ0n) is 15.7. The van der Waals surface area contributed by atoms with Gasteiger partial charge < -0.3 is 9.47 Å². The van der Waals surface area contributed by atoms with Gasteiger partial charge in [0, 0.05) is 12.0 Å². The molecule has 0 aliphatic rings. The zero-order valence-corrected chi connectivity index (χ0v) is 15.7. The molecule has 0 spiro atoms. The lowest BCUT2D eigenvalue weighted by Crippen LogP contribution is -2.03. The third-order valence-electron chi connectivity index (χ3n) is 4.11. The van der Waals surface area contributed by atoms with Crippen molar-refractivity contribution in [3.8, 4) is 5.75 Å². The predicted octanol–water partition coefficient (Wildman–Crippen LogP) is 5.34. The van der Waals surface area contributed by atoms with Crippen LogP contribution in [0.4, 0.5) is 0 Å². The van der Waals surface area contributed by atoms with Gasteiger partial charge in [-0.3, -0.25) is 9.59 Å². The maximum absolute atomic E-state index is 11.2. The minimum Gasteiger partial charge on any atom is -0.494 e. The van der Waals surface area contributed by atoms with E-state index < -0.39 is 0 Å². The normalized spacial score (nSPS) is 10.5. The second kappa shape index (κ2) is 13.5. The van der Waals surface area contributed by atoms with Gasteiger partial charge in [-0.1, -0.05) is 38.5 Å². The smallest absolute Gasteiger partial charge is 0.305 e. The van der Waals surface area contributed by atoms with E-state index in [1.165, 1.54) is 32.1 Å². The van der Waals surface area contributed by atoms with Crippen LogP contribution >= 0.6 is 0 Å². The summed E-state index contributed by atoms with van der Waals surface area (Å²) in [5, 5.41) is 0. The zero-order chi connectivity index (χ0) is 18.3. The molecular weight excluding hydrogens is 316 g/mol. The number of benzene rings is 1. The minimum atomic E-state index is -0.0709. The summed E-state index contributed by atoms with van der Waals surface area (Å²) in [6, 6.07) is 7.32. The molecule has 0 aromatic heterocycles. The van der Waals surface area contributed by atoms with E-state index >= 15 is 0 Å². The van der Waals surface area contributed by atoms with Gasteiger partial charge in [0.05, 0.1) is 13.2 Å². The van der Waals surface area contributed by atoms with Crippen molar-refractivity contribution in [2.45, 2.75) is 71.6 Å². The average Bonchev–Trinajstić information content (AvgIpc) is 2.60. The summed E-state index contributed by atoms with van der Waals surface area (Å²) >= 11 is 0. The maximum Gasteiger partial charge on any atom is 0.305 e. The Morgan fingerprint density at radius 1 is 0.840 bits per heavy atom. The summed E-state index contributed by atoms with van der Waals surface area (Å²) < 4.78 is 10.6. The third-order valence-corrected chi connectivity index (χ3v) is 4.11. The Morgan fingerprint density at radius 2 is 1.40 bits per heavy atom. The number of rotatable bonds is 14. The molecule has 1 aromatic rings. The van der Waals surface area contributed by atoms with Crippen molar-refractivity contribution in [2.24, 2.45) is 0 Å². The molecule has 0 aliphatic heterocycles. The van der Waals surface area contributed by atoms with Gasteiger partial charge in [0.2, 0.25) is 0 Å². The molecule has 0 heterocycles. The van der Waals surface area contributed by atoms with E-state index in [4.69, 9.17) is 9.47 Å². The summed E-state index contributed by atoms with van der Waals surface area (Å²) in [4.78, 5) is 22.4. The van der Waals surface area contributed by atoms with E-state index in [-0.39, 0.29) is 11.8 Å². The summed E-state index contributed by atoms with van der Waals surface area (Å²) in [6.45, 7) is 4.61. The number of Topliss-reactive ketones (excluding diaryl/α,β-unsaturated/α-hetero) is 1. The van der Waals surface area contributed by atoms with E-state index in [1.54, 1.807) is 19.1 Å². The molecule has 1 rings (SSSR count). The molecule has 140 valence electrons. The monoisotopic (exact) mass is 348 g/mol. The number of ketones is 1. The van der Waals surface area contributed by atoms with E-state index in [1.807, 2.05) is 19.1 Å². The number of unbranched alkanes of at least 4 members (excludes halogenated alkanes) is 7. The average molecular weight is 348 g/mol. The number of esters is 1. The number of hydrogen-bond acceptors (Lipinski definition) is 4. The highest BCUT2D eigenvalue weighted by molar-refractivity contribution is 5.94. The molecule has 0 fully saturated rings. The van der Waals surface area contributed by atoms with Gasteiger partial charge in [-0.15, -0.1) is 0 Å². The highest BCUT2D eigenvalue weighted by atomic mass is 16.5. The molecule has 0 unspecified atom stereocenters. The van der Waals surface area contributed by atoms with Crippen molar-refractivity contribution in [1.29, 1.82) is 0 Å². The third kappa shape index (κ3) is 10.6. The lowest BCUT2D eigenvalue weighted by Gasteiger charge is -2.06. The lowest BCUT2D eigenvalue weighted by atomic mass is 10.1. The van der Waals surface area contributed by atoms with Crippen molar-refractivity contribution in [1.82, 2.24) is 0 Å². The fourth-order valence-electron chi connectivity index (χ4n) is 2.64. The Morgan fingerprint density at radius 3 is 1.96 bits per heavy atom. The van der Waals surface area contributed by atoms with Crippen LogP contribution in [0.5, 0.6) is 5.75 Å². The van der Waals surface area contributed by atoms with Gasteiger partial charge >= 0.3 is 5.97 Å². The first kappa shape index (κ1) is 21.2. The van der Waals surface area contributed by atoms with Crippen molar-refractivity contribution in [3.63, 3.8) is 0 Å². The SMILES string of the molecule is CCOC(=O)CCCCCCCCCCOc1ccc(C(C)=O)cc1. The van der Waals surface area contributed by atoms with Crippen LogP contribution in [-0.4, -0.2) is 25.0 Å². The number of hydrogen-bond donors (Lipinski definition) is 0. The Kier molecular flexibility index (Phi) is 11.4. The molecule has 0 amide bonds. The fraction of sp³-hybridized carbons (Fsp3) is 0.619. The van der Waals surface area contributed by atoms with Crippen LogP contribution in [0.1, 0.15) is 82.0 Å². The summed E-state index contributed by atoms with van der Waals surface area (Å²) in [5.74, 6) is 0.831. The van der Waals surface area contributed by atoms with Crippen molar-refractivity contribution >= 4 is 11.8 Å². The standard InChI is InChI=1S/C21H32O4/c1-3-24-21(23)12-10-8-6-4-5-7-9-11-17-25-20-15-13-19(14-16-20)18(2)22/h13-16H,3-12,17H2,1-2H3. The fourth-order valence-corrected chi connectivity index (χ4v) is 2.64. The molecule has 0 saturated heterocycles. The van der Waals surface area contributed by atoms with Crippen LogP contribution in [0.2, 0.25) is 0 Å². The molecule has 0 atom stereocenters. The highest BCUT2D eigenvalue weighted by Gasteiger charge is 2.01. The Labute approximate surface area is 151 Å². The molecule has 0 radical (unpaired) electrons. The topological polar surface area (TPSA) is 52.6 Å². The van der Waals surface area contributed by atoms with Gasteiger partial charge in [-0.2, -0.15) is 0 Å². The van der Waals surface area contributed by atoms with E-state index in [2.05, 4.69) is 0 Å². The molecule has 4 nitrogen and oxygen atoms in total. The Balaban J connectivity index is 1.90. The van der Waals surface area contributed by atoms with Gasteiger partial charge in [-0.25, -0.2) is 0 Å². The first-order valence-corrected chi connectivity index (χ1v) is 9.53. The molecule has 4 heteroatoms. The molecule has 25 heavy (non-hydrogen) atoms. The van der Waals surface area contributed by atoms with E-state index in [9.17, 15) is 9.59 Å². The van der Waals surface area contributed by atoms with Crippen LogP contribution in [0, 0.1) is 0 Å². The second-order valence-corrected chi connectivity index (χ2v) is 6.31. The minimum absolute atomic E-state index is 0.0709. The van der Waals surface area contributed by atoms with Gasteiger partial charge in [0.1, 0.15) is 5.75 Å². The molecule has 0 aliphatic carbocycles. The van der Waals surface area contributed by atoms with Crippen LogP contribution in [0.3, 0.4) is 0 Å². The lowest BCUT2D eigenvalue weighted by molar-refractivity contribution is -0.143. The Hall–Kier alpha value is -1.84. The van der Waals surface area contributed by atoms with Crippen molar-refractivity contribution < 1.29 is 19.1 Å². The van der Waals surface area contributed by atoms with Crippen LogP contribution in [0.25, 0.3) is 0 Å². The summed E-state index contributed by atoms with van der Waals surface area (Å²) in [6.07, 6.45) is 9.73. The van der Waals surface area contributed by atoms with E-state index in [0.717, 1.165) is 37.2 Å². The van der Waals surface area contributed by atoms with Gasteiger partial charge in [0.15, 0.2) is 5.78 Å². The first-order chi connectivity index (χ1) is 12.1. The highest BCUT2D eigenvalue weighted by Crippen LogP contribution is 2.14. The molecule has 1 aromatic carbocycles. The summed E-state index contributed by atoms with van der Waals surface area (Å²) in [7, 11) is 0. The number of ether oxygens (including phenoxy) is 2. The first-order valence-electron chi connectivity index (χ1n) is 9.53. The maximum atomic E-state index is 11.2. The van der Waals surface area contributed by atoms with Crippen molar-refractivity contribution in [3.05, 3.63) is 29.8 Å². The van der Waals surface area contributed by atoms with Crippen LogP contribution < -0.4 is 4.74 Å². The second-order valence-electron chi connectivity index (χ2n) is 6.31. The van der Waals surface area contributed by atoms with Crippen molar-refractivity contribution in [2.75, 3.05) is 13.2 Å².